The number of amides is 1. The van der Waals surface area contributed by atoms with E-state index in [0.29, 0.717) is 0 Å². The number of carbonyl (C=O) groups is 2. The lowest BCUT2D eigenvalue weighted by molar-refractivity contribution is -0.141. The molecule has 0 saturated heterocycles. The fourth-order valence-electron chi connectivity index (χ4n) is 0.489. The van der Waals surface area contributed by atoms with E-state index >= 15 is 0 Å². The number of carbonyl (C=O) groups excluding carboxylic acids is 1. The first-order valence-corrected chi connectivity index (χ1v) is 4.02. The van der Waals surface area contributed by atoms with Crippen LogP contribution in [0.25, 0.3) is 0 Å². The van der Waals surface area contributed by atoms with E-state index in [2.05, 4.69) is 17.9 Å². The number of nitrogens with two attached hydrogens (primary N) is 1. The Morgan fingerprint density at radius 1 is 1.67 bits per heavy atom. The van der Waals surface area contributed by atoms with Crippen LogP contribution in [0, 0.1) is 0 Å². The van der Waals surface area contributed by atoms with Crippen LogP contribution in [-0.2, 0) is 9.59 Å². The van der Waals surface area contributed by atoms with Crippen molar-refractivity contribution >= 4 is 24.5 Å². The van der Waals surface area contributed by atoms with Crippen molar-refractivity contribution in [3.63, 3.8) is 0 Å². The van der Waals surface area contributed by atoms with Gasteiger partial charge in [0.2, 0.25) is 5.91 Å². The molecule has 6 heteroatoms. The predicted molar refractivity (Wildman–Crippen MR) is 47.1 cm³/mol. The van der Waals surface area contributed by atoms with Crippen LogP contribution in [0.4, 0.5) is 0 Å². The van der Waals surface area contributed by atoms with Gasteiger partial charge in [0, 0.05) is 5.75 Å². The Bertz CT molecular complexity index is 184. The molecular weight excluding hydrogens is 180 g/mol. The van der Waals surface area contributed by atoms with E-state index in [1.165, 1.54) is 6.92 Å². The van der Waals surface area contributed by atoms with Gasteiger partial charge in [-0.2, -0.15) is 12.6 Å². The van der Waals surface area contributed by atoms with Crippen molar-refractivity contribution in [3.05, 3.63) is 0 Å². The van der Waals surface area contributed by atoms with E-state index in [1.807, 2.05) is 0 Å². The molecule has 0 rings (SSSR count). The molecule has 2 atom stereocenters. The van der Waals surface area contributed by atoms with Crippen LogP contribution in [0.2, 0.25) is 0 Å². The van der Waals surface area contributed by atoms with Gasteiger partial charge in [-0.15, -0.1) is 0 Å². The summed E-state index contributed by atoms with van der Waals surface area (Å²) in [7, 11) is 0. The fourth-order valence-corrected chi connectivity index (χ4v) is 0.736. The van der Waals surface area contributed by atoms with Gasteiger partial charge in [0.25, 0.3) is 0 Å². The molecular formula is C6H12N2O3S. The molecule has 4 N–H and O–H groups in total. The third-order valence-electron chi connectivity index (χ3n) is 1.21. The molecule has 0 aliphatic heterocycles. The second kappa shape index (κ2) is 5.00. The van der Waals surface area contributed by atoms with Crippen molar-refractivity contribution in [1.29, 1.82) is 0 Å². The summed E-state index contributed by atoms with van der Waals surface area (Å²) in [6.45, 7) is 1.48. The topological polar surface area (TPSA) is 92.4 Å². The summed E-state index contributed by atoms with van der Waals surface area (Å²) in [4.78, 5) is 21.3. The number of rotatable bonds is 4. The SMILES string of the molecule is C[C@@H](N)C(=O)N[C@H](CS)C(=O)O. The highest BCUT2D eigenvalue weighted by atomic mass is 32.1. The molecule has 5 nitrogen and oxygen atoms in total. The van der Waals surface area contributed by atoms with E-state index in [0.717, 1.165) is 0 Å². The van der Waals surface area contributed by atoms with Crippen molar-refractivity contribution in [1.82, 2.24) is 5.32 Å². The number of carboxylic acid groups (broad SMARTS) is 1. The maximum atomic E-state index is 10.9. The van der Waals surface area contributed by atoms with E-state index in [9.17, 15) is 9.59 Å². The number of hydrogen-bond acceptors (Lipinski definition) is 4. The highest BCUT2D eigenvalue weighted by Crippen LogP contribution is 1.89. The summed E-state index contributed by atoms with van der Waals surface area (Å²) < 4.78 is 0. The van der Waals surface area contributed by atoms with Gasteiger partial charge < -0.3 is 16.2 Å². The average molecular weight is 192 g/mol. The van der Waals surface area contributed by atoms with Crippen LogP contribution >= 0.6 is 12.6 Å². The Balaban J connectivity index is 4.03. The zero-order chi connectivity index (χ0) is 9.72. The third kappa shape index (κ3) is 3.59. The van der Waals surface area contributed by atoms with Crippen LogP contribution in [0.1, 0.15) is 6.92 Å². The first-order valence-electron chi connectivity index (χ1n) is 3.38. The summed E-state index contributed by atoms with van der Waals surface area (Å²) in [6.07, 6.45) is 0. The largest absolute Gasteiger partial charge is 0.480 e. The van der Waals surface area contributed by atoms with E-state index in [4.69, 9.17) is 10.8 Å². The molecule has 0 aliphatic rings. The molecule has 0 bridgehead atoms. The first kappa shape index (κ1) is 11.2. The highest BCUT2D eigenvalue weighted by molar-refractivity contribution is 7.80. The molecule has 70 valence electrons. The number of hydrogen-bond donors (Lipinski definition) is 4. The minimum atomic E-state index is -1.11. The lowest BCUT2D eigenvalue weighted by Crippen LogP contribution is -2.48. The second-order valence-electron chi connectivity index (χ2n) is 2.37. The minimum absolute atomic E-state index is 0.0494. The lowest BCUT2D eigenvalue weighted by Gasteiger charge is -2.13. The minimum Gasteiger partial charge on any atom is -0.480 e. The quantitative estimate of drug-likeness (QED) is 0.422. The van der Waals surface area contributed by atoms with Crippen molar-refractivity contribution < 1.29 is 14.7 Å². The summed E-state index contributed by atoms with van der Waals surface area (Å²) in [6, 6.07) is -1.67. The van der Waals surface area contributed by atoms with E-state index in [-0.39, 0.29) is 5.75 Å². The average Bonchev–Trinajstić information content (AvgIpc) is 1.98. The smallest absolute Gasteiger partial charge is 0.327 e. The predicted octanol–water partition coefficient (Wildman–Crippen LogP) is -1.17. The number of nitrogens with one attached hydrogen (secondary N) is 1. The Kier molecular flexibility index (Phi) is 4.68. The third-order valence-corrected chi connectivity index (χ3v) is 1.58. The normalized spacial score (nSPS) is 14.9. The number of aliphatic carboxylic acids is 1. The van der Waals surface area contributed by atoms with Gasteiger partial charge in [0.05, 0.1) is 6.04 Å². The van der Waals surface area contributed by atoms with E-state index < -0.39 is 24.0 Å². The maximum absolute atomic E-state index is 10.9. The molecule has 0 radical (unpaired) electrons. The van der Waals surface area contributed by atoms with Gasteiger partial charge in [-0.05, 0) is 6.92 Å². The molecule has 0 unspecified atom stereocenters. The van der Waals surface area contributed by atoms with Crippen molar-refractivity contribution in [2.45, 2.75) is 19.0 Å². The zero-order valence-corrected chi connectivity index (χ0v) is 7.54. The Morgan fingerprint density at radius 2 is 2.17 bits per heavy atom. The summed E-state index contributed by atoms with van der Waals surface area (Å²) in [5.41, 5.74) is 5.21. The molecule has 0 fully saturated rings. The van der Waals surface area contributed by atoms with Gasteiger partial charge in [-0.3, -0.25) is 4.79 Å². The Morgan fingerprint density at radius 3 is 2.42 bits per heavy atom. The van der Waals surface area contributed by atoms with E-state index in [1.54, 1.807) is 0 Å². The lowest BCUT2D eigenvalue weighted by atomic mass is 10.3. The summed E-state index contributed by atoms with van der Waals surface area (Å²) in [5.74, 6) is -1.55. The van der Waals surface area contributed by atoms with Gasteiger partial charge in [-0.1, -0.05) is 0 Å². The van der Waals surface area contributed by atoms with Gasteiger partial charge >= 0.3 is 5.97 Å². The standard InChI is InChI=1S/C6H12N2O3S/c1-3(7)5(9)8-4(2-12)6(10)11/h3-4,12H,2,7H2,1H3,(H,8,9)(H,10,11)/t3-,4-/m1/s1. The molecule has 0 aromatic rings. The molecule has 0 heterocycles. The van der Waals surface area contributed by atoms with Crippen LogP contribution in [0.15, 0.2) is 0 Å². The first-order chi connectivity index (χ1) is 5.49. The summed E-state index contributed by atoms with van der Waals surface area (Å²) >= 11 is 3.76. The molecule has 0 aliphatic carbocycles. The number of thiol groups is 1. The van der Waals surface area contributed by atoms with Crippen LogP contribution < -0.4 is 11.1 Å². The summed E-state index contributed by atoms with van der Waals surface area (Å²) in [5, 5.41) is 10.7. The van der Waals surface area contributed by atoms with Gasteiger partial charge in [0.15, 0.2) is 0 Å². The number of carboxylic acids is 1. The molecule has 0 saturated carbocycles. The van der Waals surface area contributed by atoms with Crippen molar-refractivity contribution in [2.24, 2.45) is 5.73 Å². The monoisotopic (exact) mass is 192 g/mol. The fraction of sp³-hybridized carbons (Fsp3) is 0.667. The van der Waals surface area contributed by atoms with Crippen molar-refractivity contribution in [3.8, 4) is 0 Å². The Hall–Kier alpha value is -0.750. The molecule has 1 amide bonds. The maximum Gasteiger partial charge on any atom is 0.327 e. The van der Waals surface area contributed by atoms with Gasteiger partial charge in [0.1, 0.15) is 6.04 Å². The van der Waals surface area contributed by atoms with Crippen LogP contribution in [-0.4, -0.2) is 34.8 Å². The second-order valence-corrected chi connectivity index (χ2v) is 2.74. The molecule has 12 heavy (non-hydrogen) atoms. The molecule has 0 aromatic heterocycles. The highest BCUT2D eigenvalue weighted by Gasteiger charge is 2.19. The van der Waals surface area contributed by atoms with Crippen molar-refractivity contribution in [2.75, 3.05) is 5.75 Å². The molecule has 0 aromatic carbocycles. The van der Waals surface area contributed by atoms with Crippen LogP contribution in [0.5, 0.6) is 0 Å². The van der Waals surface area contributed by atoms with Gasteiger partial charge in [-0.25, -0.2) is 4.79 Å². The zero-order valence-electron chi connectivity index (χ0n) is 6.65. The Labute approximate surface area is 75.7 Å². The van der Waals surface area contributed by atoms with Crippen LogP contribution in [0.3, 0.4) is 0 Å². The molecule has 0 spiro atoms.